The molecular formula is C28H30F2N4O6. The molecule has 1 fully saturated rings. The highest BCUT2D eigenvalue weighted by Gasteiger charge is 2.42. The van der Waals surface area contributed by atoms with Gasteiger partial charge in [-0.1, -0.05) is 30.3 Å². The van der Waals surface area contributed by atoms with Crippen molar-refractivity contribution in [3.05, 3.63) is 58.6 Å². The molecule has 212 valence electrons. The van der Waals surface area contributed by atoms with E-state index in [-0.39, 0.29) is 6.42 Å². The number of hydrogen-bond donors (Lipinski definition) is 1. The lowest BCUT2D eigenvalue weighted by molar-refractivity contribution is -0.137. The Balaban J connectivity index is 1.42. The number of rotatable bonds is 5. The lowest BCUT2D eigenvalue weighted by Gasteiger charge is -2.28. The average molecular weight is 557 g/mol. The standard InChI is InChI=1S/C28H30F2N4O6/c1-27(2,3)40-26(37)34-14-23(38-16-28(29,30)15-34)24(35)32-20(13-31)11-17-5-7-18(8-6-17)19-9-10-22-21(12-19)33(4)25(36)39-22/h5-10,12,20,23H,11,14-16H2,1-4H3,(H,32,35)/t20-,23-/m0/s1. The SMILES string of the molecule is Cn1c(=O)oc2ccc(-c3ccc(C[C@@H](C#N)NC(=O)[C@@H]4CN(C(=O)OC(C)(C)C)CC(F)(F)CO4)cc3)cc21. The predicted octanol–water partition coefficient (Wildman–Crippen LogP) is 3.62. The summed E-state index contributed by atoms with van der Waals surface area (Å²) in [5.41, 5.74) is 2.70. The second-order valence-electron chi connectivity index (χ2n) is 10.7. The molecule has 0 saturated carbocycles. The van der Waals surface area contributed by atoms with Gasteiger partial charge >= 0.3 is 11.8 Å². The van der Waals surface area contributed by atoms with Crippen molar-refractivity contribution in [2.45, 2.75) is 50.9 Å². The summed E-state index contributed by atoms with van der Waals surface area (Å²) in [4.78, 5) is 37.9. The number of oxazole rings is 1. The number of halogens is 2. The van der Waals surface area contributed by atoms with Crippen LogP contribution in [0.25, 0.3) is 22.2 Å². The van der Waals surface area contributed by atoms with Gasteiger partial charge in [-0.2, -0.15) is 5.26 Å². The van der Waals surface area contributed by atoms with Gasteiger partial charge in [-0.15, -0.1) is 0 Å². The highest BCUT2D eigenvalue weighted by Crippen LogP contribution is 2.25. The van der Waals surface area contributed by atoms with Crippen LogP contribution in [0.15, 0.2) is 51.7 Å². The number of nitrogens with one attached hydrogen (secondary N) is 1. The molecule has 0 bridgehead atoms. The number of ether oxygens (including phenoxy) is 2. The number of alkyl halides is 2. The Kier molecular flexibility index (Phi) is 7.98. The molecule has 0 aliphatic carbocycles. The molecule has 2 aromatic carbocycles. The molecule has 3 aromatic rings. The Morgan fingerprint density at radius 2 is 1.88 bits per heavy atom. The lowest BCUT2D eigenvalue weighted by atomic mass is 10.0. The van der Waals surface area contributed by atoms with Gasteiger partial charge in [0.05, 0.1) is 24.7 Å². The van der Waals surface area contributed by atoms with E-state index in [0.717, 1.165) is 21.6 Å². The number of benzene rings is 2. The minimum absolute atomic E-state index is 0.149. The van der Waals surface area contributed by atoms with E-state index in [4.69, 9.17) is 13.9 Å². The zero-order valence-electron chi connectivity index (χ0n) is 22.6. The van der Waals surface area contributed by atoms with Gasteiger partial charge in [-0.3, -0.25) is 14.3 Å². The van der Waals surface area contributed by atoms with Gasteiger partial charge in [0.15, 0.2) is 11.7 Å². The first kappa shape index (κ1) is 28.8. The molecule has 1 aliphatic heterocycles. The maximum Gasteiger partial charge on any atom is 0.419 e. The Bertz CT molecular complexity index is 1500. The largest absolute Gasteiger partial charge is 0.444 e. The van der Waals surface area contributed by atoms with Crippen LogP contribution in [0.2, 0.25) is 0 Å². The minimum Gasteiger partial charge on any atom is -0.444 e. The molecule has 12 heteroatoms. The fraction of sp³-hybridized carbons (Fsp3) is 0.429. The van der Waals surface area contributed by atoms with E-state index in [9.17, 15) is 28.4 Å². The Morgan fingerprint density at radius 1 is 1.20 bits per heavy atom. The summed E-state index contributed by atoms with van der Waals surface area (Å²) in [5, 5.41) is 12.2. The van der Waals surface area contributed by atoms with Crippen LogP contribution in [0.3, 0.4) is 0 Å². The summed E-state index contributed by atoms with van der Waals surface area (Å²) in [5.74, 6) is -4.61. The number of nitrogens with zero attached hydrogens (tertiary/aromatic N) is 3. The summed E-state index contributed by atoms with van der Waals surface area (Å²) in [6.07, 6.45) is -2.24. The third-order valence-electron chi connectivity index (χ3n) is 6.24. The first-order chi connectivity index (χ1) is 18.7. The highest BCUT2D eigenvalue weighted by molar-refractivity contribution is 5.83. The normalized spacial score (nSPS) is 18.0. The van der Waals surface area contributed by atoms with E-state index in [1.807, 2.05) is 30.3 Å². The van der Waals surface area contributed by atoms with Crippen molar-refractivity contribution in [2.24, 2.45) is 7.05 Å². The van der Waals surface area contributed by atoms with Crippen LogP contribution >= 0.6 is 0 Å². The smallest absolute Gasteiger partial charge is 0.419 e. The molecule has 40 heavy (non-hydrogen) atoms. The number of amides is 2. The average Bonchev–Trinajstić information content (AvgIpc) is 3.05. The molecule has 0 unspecified atom stereocenters. The molecular weight excluding hydrogens is 526 g/mol. The van der Waals surface area contributed by atoms with Gasteiger partial charge in [0.2, 0.25) is 0 Å². The Labute approximate surface area is 229 Å². The van der Waals surface area contributed by atoms with Crippen LogP contribution < -0.4 is 11.1 Å². The molecule has 1 aromatic heterocycles. The van der Waals surface area contributed by atoms with Gasteiger partial charge in [0.1, 0.15) is 18.2 Å². The van der Waals surface area contributed by atoms with Crippen LogP contribution in [-0.4, -0.2) is 64.8 Å². The van der Waals surface area contributed by atoms with Crippen LogP contribution in [0.5, 0.6) is 0 Å². The maximum absolute atomic E-state index is 14.2. The summed E-state index contributed by atoms with van der Waals surface area (Å²) in [6, 6.07) is 13.7. The summed E-state index contributed by atoms with van der Waals surface area (Å²) in [6.45, 7) is 2.36. The van der Waals surface area contributed by atoms with E-state index in [2.05, 4.69) is 5.32 Å². The molecule has 0 radical (unpaired) electrons. The second-order valence-corrected chi connectivity index (χ2v) is 10.7. The number of hydrogen-bond acceptors (Lipinski definition) is 7. The number of aromatic nitrogens is 1. The number of carbonyl (C=O) groups is 2. The Morgan fingerprint density at radius 3 is 2.52 bits per heavy atom. The van der Waals surface area contributed by atoms with Gasteiger partial charge in [0, 0.05) is 13.5 Å². The monoisotopic (exact) mass is 556 g/mol. The fourth-order valence-corrected chi connectivity index (χ4v) is 4.26. The number of nitriles is 1. The van der Waals surface area contributed by atoms with Crippen molar-refractivity contribution >= 4 is 23.1 Å². The summed E-state index contributed by atoms with van der Waals surface area (Å²) < 4.78 is 45.4. The predicted molar refractivity (Wildman–Crippen MR) is 141 cm³/mol. The van der Waals surface area contributed by atoms with Crippen LogP contribution in [0, 0.1) is 11.3 Å². The van der Waals surface area contributed by atoms with Gasteiger partial charge < -0.3 is 19.2 Å². The van der Waals surface area contributed by atoms with Gasteiger partial charge in [0.25, 0.3) is 11.8 Å². The van der Waals surface area contributed by atoms with Crippen molar-refractivity contribution in [1.82, 2.24) is 14.8 Å². The molecule has 1 N–H and O–H groups in total. The number of fused-ring (bicyclic) bond motifs is 1. The quantitative estimate of drug-likeness (QED) is 0.509. The fourth-order valence-electron chi connectivity index (χ4n) is 4.26. The molecule has 2 amide bonds. The highest BCUT2D eigenvalue weighted by atomic mass is 19.3. The van der Waals surface area contributed by atoms with Crippen molar-refractivity contribution in [3.8, 4) is 17.2 Å². The van der Waals surface area contributed by atoms with Crippen molar-refractivity contribution in [2.75, 3.05) is 19.7 Å². The molecule has 1 saturated heterocycles. The van der Waals surface area contributed by atoms with Crippen molar-refractivity contribution in [3.63, 3.8) is 0 Å². The molecule has 1 aliphatic rings. The zero-order valence-corrected chi connectivity index (χ0v) is 22.6. The van der Waals surface area contributed by atoms with E-state index in [1.54, 1.807) is 46.0 Å². The maximum atomic E-state index is 14.2. The van der Waals surface area contributed by atoms with E-state index in [0.29, 0.717) is 11.1 Å². The van der Waals surface area contributed by atoms with Crippen LogP contribution in [-0.2, 0) is 27.7 Å². The van der Waals surface area contributed by atoms with Crippen LogP contribution in [0.1, 0.15) is 26.3 Å². The molecule has 0 spiro atoms. The van der Waals surface area contributed by atoms with Gasteiger partial charge in [-0.25, -0.2) is 18.4 Å². The third kappa shape index (κ3) is 6.84. The molecule has 2 heterocycles. The van der Waals surface area contributed by atoms with E-state index in [1.165, 1.54) is 4.57 Å². The molecule has 2 atom stereocenters. The number of aryl methyl sites for hydroxylation is 1. The lowest BCUT2D eigenvalue weighted by Crippen LogP contribution is -2.49. The summed E-state index contributed by atoms with van der Waals surface area (Å²) >= 11 is 0. The van der Waals surface area contributed by atoms with Gasteiger partial charge in [-0.05, 0) is 49.6 Å². The first-order valence-corrected chi connectivity index (χ1v) is 12.6. The Hall–Kier alpha value is -4.24. The minimum atomic E-state index is -3.38. The summed E-state index contributed by atoms with van der Waals surface area (Å²) in [7, 11) is 1.62. The second kappa shape index (κ2) is 11.1. The van der Waals surface area contributed by atoms with Crippen molar-refractivity contribution in [1.29, 1.82) is 5.26 Å². The van der Waals surface area contributed by atoms with Crippen molar-refractivity contribution < 1.29 is 32.3 Å². The van der Waals surface area contributed by atoms with Crippen LogP contribution in [0.4, 0.5) is 13.6 Å². The molecule has 10 nitrogen and oxygen atoms in total. The first-order valence-electron chi connectivity index (χ1n) is 12.6. The topological polar surface area (TPSA) is 127 Å². The number of carbonyl (C=O) groups excluding carboxylic acids is 2. The molecule has 4 rings (SSSR count). The third-order valence-corrected chi connectivity index (χ3v) is 6.24. The van der Waals surface area contributed by atoms with E-state index >= 15 is 0 Å². The zero-order chi connectivity index (χ0) is 29.2. The van der Waals surface area contributed by atoms with E-state index < -0.39 is 61.1 Å².